The predicted octanol–water partition coefficient (Wildman–Crippen LogP) is 1.12. The van der Waals surface area contributed by atoms with Crippen LogP contribution < -0.4 is 10.6 Å². The molecule has 1 aliphatic rings. The van der Waals surface area contributed by atoms with Crippen LogP contribution in [0.15, 0.2) is 12.3 Å². The van der Waals surface area contributed by atoms with Crippen LogP contribution in [0, 0.1) is 0 Å². The summed E-state index contributed by atoms with van der Waals surface area (Å²) >= 11 is 6.05. The number of hydrogen-bond acceptors (Lipinski definition) is 4. The molecular formula is C10H13ClN4O2. The Balaban J connectivity index is 2.08. The van der Waals surface area contributed by atoms with Gasteiger partial charge in [-0.05, 0) is 6.07 Å². The quantitative estimate of drug-likeness (QED) is 0.787. The molecule has 0 unspecified atom stereocenters. The summed E-state index contributed by atoms with van der Waals surface area (Å²) in [6.45, 7) is 2.08. The van der Waals surface area contributed by atoms with Gasteiger partial charge in [0.15, 0.2) is 0 Å². The van der Waals surface area contributed by atoms with Crippen LogP contribution in [-0.2, 0) is 0 Å². The molecule has 0 atom stereocenters. The van der Waals surface area contributed by atoms with E-state index in [4.69, 9.17) is 22.4 Å². The number of nitrogens with two attached hydrogens (primary N) is 1. The molecule has 0 spiro atoms. The Labute approximate surface area is 104 Å². The summed E-state index contributed by atoms with van der Waals surface area (Å²) in [5.74, 6) is 0.658. The van der Waals surface area contributed by atoms with Gasteiger partial charge in [-0.2, -0.15) is 0 Å². The second kappa shape index (κ2) is 4.67. The maximum absolute atomic E-state index is 10.8. The van der Waals surface area contributed by atoms with Crippen LogP contribution in [0.3, 0.4) is 0 Å². The molecule has 1 saturated heterocycles. The number of carboxylic acid groups (broad SMARTS) is 1. The van der Waals surface area contributed by atoms with E-state index in [1.54, 1.807) is 12.3 Å². The van der Waals surface area contributed by atoms with E-state index in [0.29, 0.717) is 42.7 Å². The highest BCUT2D eigenvalue weighted by Crippen LogP contribution is 2.25. The average Bonchev–Trinajstić information content (AvgIpc) is 2.29. The monoisotopic (exact) mass is 256 g/mol. The molecule has 0 aliphatic carbocycles. The second-order valence-corrected chi connectivity index (χ2v) is 4.24. The van der Waals surface area contributed by atoms with E-state index < -0.39 is 6.09 Å². The molecule has 17 heavy (non-hydrogen) atoms. The Morgan fingerprint density at radius 3 is 2.59 bits per heavy atom. The van der Waals surface area contributed by atoms with Gasteiger partial charge in [0, 0.05) is 26.2 Å². The SMILES string of the molecule is Nc1cnc(N2CCN(C(=O)O)CC2)c(Cl)c1. The van der Waals surface area contributed by atoms with Crippen LogP contribution in [0.2, 0.25) is 5.02 Å². The molecule has 1 fully saturated rings. The summed E-state index contributed by atoms with van der Waals surface area (Å²) in [5, 5.41) is 9.33. The molecule has 2 heterocycles. The van der Waals surface area contributed by atoms with Gasteiger partial charge in [-0.3, -0.25) is 0 Å². The van der Waals surface area contributed by atoms with E-state index in [-0.39, 0.29) is 0 Å². The van der Waals surface area contributed by atoms with Crippen LogP contribution in [0.4, 0.5) is 16.3 Å². The Bertz CT molecular complexity index is 432. The highest BCUT2D eigenvalue weighted by Gasteiger charge is 2.22. The van der Waals surface area contributed by atoms with Crippen molar-refractivity contribution < 1.29 is 9.90 Å². The molecule has 0 radical (unpaired) electrons. The Kier molecular flexibility index (Phi) is 3.23. The molecule has 1 aliphatic heterocycles. The maximum Gasteiger partial charge on any atom is 0.407 e. The van der Waals surface area contributed by atoms with Crippen LogP contribution in [0.1, 0.15) is 0 Å². The minimum absolute atomic E-state index is 0.456. The van der Waals surface area contributed by atoms with Crippen LogP contribution >= 0.6 is 11.6 Å². The fourth-order valence-electron chi connectivity index (χ4n) is 1.79. The summed E-state index contributed by atoms with van der Waals surface area (Å²) in [6.07, 6.45) is 0.658. The van der Waals surface area contributed by atoms with Gasteiger partial charge < -0.3 is 20.6 Å². The van der Waals surface area contributed by atoms with Gasteiger partial charge in [0.25, 0.3) is 0 Å². The molecule has 1 amide bonds. The van der Waals surface area contributed by atoms with Crippen LogP contribution in [0.25, 0.3) is 0 Å². The second-order valence-electron chi connectivity index (χ2n) is 3.83. The molecule has 92 valence electrons. The van der Waals surface area contributed by atoms with Crippen molar-refractivity contribution in [2.45, 2.75) is 0 Å². The first kappa shape index (κ1) is 11.8. The third-order valence-electron chi connectivity index (χ3n) is 2.69. The van der Waals surface area contributed by atoms with Crippen molar-refractivity contribution in [3.05, 3.63) is 17.3 Å². The van der Waals surface area contributed by atoms with E-state index in [2.05, 4.69) is 4.98 Å². The first-order valence-electron chi connectivity index (χ1n) is 5.22. The summed E-state index contributed by atoms with van der Waals surface area (Å²) in [7, 11) is 0. The summed E-state index contributed by atoms with van der Waals surface area (Å²) < 4.78 is 0. The van der Waals surface area contributed by atoms with E-state index in [9.17, 15) is 4.79 Å². The first-order chi connectivity index (χ1) is 8.08. The van der Waals surface area contributed by atoms with Crippen molar-refractivity contribution in [1.29, 1.82) is 0 Å². The molecule has 0 saturated carbocycles. The van der Waals surface area contributed by atoms with Gasteiger partial charge in [0.05, 0.1) is 16.9 Å². The number of rotatable bonds is 1. The van der Waals surface area contributed by atoms with Gasteiger partial charge in [0.2, 0.25) is 0 Å². The highest BCUT2D eigenvalue weighted by atomic mass is 35.5. The van der Waals surface area contributed by atoms with E-state index in [0.717, 1.165) is 0 Å². The zero-order chi connectivity index (χ0) is 12.4. The molecule has 3 N–H and O–H groups in total. The molecule has 1 aromatic heterocycles. The molecule has 0 bridgehead atoms. The lowest BCUT2D eigenvalue weighted by Crippen LogP contribution is -2.48. The number of piperazine rings is 1. The number of pyridine rings is 1. The van der Waals surface area contributed by atoms with Crippen LogP contribution in [-0.4, -0.2) is 47.3 Å². The summed E-state index contributed by atoms with van der Waals surface area (Å²) in [6, 6.07) is 1.65. The van der Waals surface area contributed by atoms with Crippen molar-refractivity contribution in [2.75, 3.05) is 36.8 Å². The number of hydrogen-bond donors (Lipinski definition) is 2. The standard InChI is InChI=1S/C10H13ClN4O2/c11-8-5-7(12)6-13-9(8)14-1-3-15(4-2-14)10(16)17/h5-6H,1-4,12H2,(H,16,17). The van der Waals surface area contributed by atoms with E-state index in [1.807, 2.05) is 4.90 Å². The average molecular weight is 257 g/mol. The summed E-state index contributed by atoms with van der Waals surface area (Å²) in [4.78, 5) is 18.3. The number of nitrogens with zero attached hydrogens (tertiary/aromatic N) is 3. The predicted molar refractivity (Wildman–Crippen MR) is 65.5 cm³/mol. The van der Waals surface area contributed by atoms with Crippen molar-refractivity contribution in [1.82, 2.24) is 9.88 Å². The molecule has 2 rings (SSSR count). The maximum atomic E-state index is 10.8. The fourth-order valence-corrected chi connectivity index (χ4v) is 2.08. The van der Waals surface area contributed by atoms with Gasteiger partial charge in [-0.25, -0.2) is 9.78 Å². The third kappa shape index (κ3) is 2.52. The van der Waals surface area contributed by atoms with Crippen molar-refractivity contribution >= 4 is 29.2 Å². The van der Waals surface area contributed by atoms with Gasteiger partial charge in [-0.1, -0.05) is 11.6 Å². The molecule has 1 aromatic rings. The molecule has 7 heteroatoms. The van der Waals surface area contributed by atoms with Crippen molar-refractivity contribution in [3.8, 4) is 0 Å². The number of anilines is 2. The zero-order valence-corrected chi connectivity index (χ0v) is 9.89. The number of halogens is 1. The Morgan fingerprint density at radius 1 is 1.41 bits per heavy atom. The molecule has 0 aromatic carbocycles. The minimum Gasteiger partial charge on any atom is -0.465 e. The lowest BCUT2D eigenvalue weighted by atomic mass is 10.3. The van der Waals surface area contributed by atoms with Crippen molar-refractivity contribution in [2.24, 2.45) is 0 Å². The molecule has 6 nitrogen and oxygen atoms in total. The van der Waals surface area contributed by atoms with Crippen LogP contribution in [0.5, 0.6) is 0 Å². The van der Waals surface area contributed by atoms with Gasteiger partial charge >= 0.3 is 6.09 Å². The smallest absolute Gasteiger partial charge is 0.407 e. The lowest BCUT2D eigenvalue weighted by Gasteiger charge is -2.34. The number of carbonyl (C=O) groups is 1. The third-order valence-corrected chi connectivity index (χ3v) is 2.97. The van der Waals surface area contributed by atoms with E-state index >= 15 is 0 Å². The fraction of sp³-hybridized carbons (Fsp3) is 0.400. The largest absolute Gasteiger partial charge is 0.465 e. The van der Waals surface area contributed by atoms with Crippen molar-refractivity contribution in [3.63, 3.8) is 0 Å². The normalized spacial score (nSPS) is 16.1. The zero-order valence-electron chi connectivity index (χ0n) is 9.14. The number of nitrogen functional groups attached to an aromatic ring is 1. The Hall–Kier alpha value is -1.69. The minimum atomic E-state index is -0.888. The first-order valence-corrected chi connectivity index (χ1v) is 5.59. The Morgan fingerprint density at radius 2 is 2.06 bits per heavy atom. The van der Waals surface area contributed by atoms with Gasteiger partial charge in [-0.15, -0.1) is 0 Å². The number of amides is 1. The van der Waals surface area contributed by atoms with E-state index in [1.165, 1.54) is 4.90 Å². The molecular weight excluding hydrogens is 244 g/mol. The topological polar surface area (TPSA) is 82.7 Å². The lowest BCUT2D eigenvalue weighted by molar-refractivity contribution is 0.142. The highest BCUT2D eigenvalue weighted by molar-refractivity contribution is 6.33. The summed E-state index contributed by atoms with van der Waals surface area (Å²) in [5.41, 5.74) is 6.08. The van der Waals surface area contributed by atoms with Gasteiger partial charge in [0.1, 0.15) is 5.82 Å². The number of aromatic nitrogens is 1.